The van der Waals surface area contributed by atoms with Gasteiger partial charge in [0.25, 0.3) is 11.8 Å². The van der Waals surface area contributed by atoms with Crippen LogP contribution in [0.2, 0.25) is 0 Å². The number of nitrogens with one attached hydrogen (secondary N) is 1. The number of nitrogens with zero attached hydrogens (tertiary/aromatic N) is 1. The van der Waals surface area contributed by atoms with Gasteiger partial charge in [0.15, 0.2) is 0 Å². The van der Waals surface area contributed by atoms with Crippen LogP contribution in [0.1, 0.15) is 40.1 Å². The van der Waals surface area contributed by atoms with Crippen molar-refractivity contribution in [2.45, 2.75) is 31.9 Å². The van der Waals surface area contributed by atoms with E-state index in [9.17, 15) is 19.5 Å². The summed E-state index contributed by atoms with van der Waals surface area (Å²) in [5.74, 6) is -1.43. The topological polar surface area (TPSA) is 86.7 Å². The van der Waals surface area contributed by atoms with Gasteiger partial charge in [-0.15, -0.1) is 0 Å². The minimum absolute atomic E-state index is 0.0142. The summed E-state index contributed by atoms with van der Waals surface area (Å²) in [5, 5.41) is 12.5. The maximum absolute atomic E-state index is 12.9. The lowest BCUT2D eigenvalue weighted by molar-refractivity contribution is -0.126. The van der Waals surface area contributed by atoms with Gasteiger partial charge >= 0.3 is 0 Å². The second-order valence-electron chi connectivity index (χ2n) is 7.26. The minimum Gasteiger partial charge on any atom is -0.389 e. The highest BCUT2D eigenvalue weighted by Gasteiger charge is 2.42. The molecule has 27 heavy (non-hydrogen) atoms. The molecule has 3 rings (SSSR count). The van der Waals surface area contributed by atoms with Gasteiger partial charge in [-0.3, -0.25) is 19.3 Å². The number of rotatable bonds is 6. The van der Waals surface area contributed by atoms with E-state index in [2.05, 4.69) is 5.32 Å². The van der Waals surface area contributed by atoms with Crippen LogP contribution >= 0.6 is 0 Å². The van der Waals surface area contributed by atoms with Gasteiger partial charge in [0.2, 0.25) is 5.91 Å². The smallest absolute Gasteiger partial charge is 0.262 e. The van der Waals surface area contributed by atoms with Gasteiger partial charge in [0.1, 0.15) is 6.04 Å². The zero-order valence-electron chi connectivity index (χ0n) is 15.3. The van der Waals surface area contributed by atoms with Gasteiger partial charge in [0, 0.05) is 13.0 Å². The van der Waals surface area contributed by atoms with Crippen molar-refractivity contribution in [2.75, 3.05) is 6.54 Å². The second-order valence-corrected chi connectivity index (χ2v) is 7.26. The molecule has 6 nitrogen and oxygen atoms in total. The molecule has 0 aliphatic carbocycles. The van der Waals surface area contributed by atoms with Gasteiger partial charge in [-0.05, 0) is 31.5 Å². The normalized spacial score (nSPS) is 14.9. The van der Waals surface area contributed by atoms with Crippen LogP contribution in [0.15, 0.2) is 54.6 Å². The molecular formula is C21H22N2O4. The predicted octanol–water partition coefficient (Wildman–Crippen LogP) is 1.78. The molecule has 0 aromatic heterocycles. The molecule has 0 radical (unpaired) electrons. The van der Waals surface area contributed by atoms with E-state index in [1.807, 2.05) is 30.3 Å². The molecule has 2 aromatic rings. The standard InChI is InChI=1S/C21H22N2O4/c1-21(2,27)13-22-18(24)17(12-14-8-4-3-5-9-14)23-19(25)15-10-6-7-11-16(15)20(23)26/h3-11,17,27H,12-13H2,1-2H3,(H,22,24)/t17-/m1/s1. The lowest BCUT2D eigenvalue weighted by Gasteiger charge is -2.27. The highest BCUT2D eigenvalue weighted by Crippen LogP contribution is 2.26. The number of hydrogen-bond acceptors (Lipinski definition) is 4. The SMILES string of the molecule is CC(C)(O)CNC(=O)[C@@H](Cc1ccccc1)N1C(=O)c2ccccc2C1=O. The van der Waals surface area contributed by atoms with E-state index < -0.39 is 29.4 Å². The fourth-order valence-corrected chi connectivity index (χ4v) is 3.05. The Morgan fingerprint density at radius 1 is 1.00 bits per heavy atom. The van der Waals surface area contributed by atoms with E-state index in [-0.39, 0.29) is 13.0 Å². The molecule has 0 saturated carbocycles. The molecule has 1 heterocycles. The minimum atomic E-state index is -1.10. The number of carbonyl (C=O) groups is 3. The van der Waals surface area contributed by atoms with Crippen LogP contribution in [-0.4, -0.2) is 45.9 Å². The molecule has 1 aliphatic heterocycles. The Morgan fingerprint density at radius 3 is 2.04 bits per heavy atom. The van der Waals surface area contributed by atoms with Crippen LogP contribution in [0.5, 0.6) is 0 Å². The van der Waals surface area contributed by atoms with E-state index in [0.717, 1.165) is 10.5 Å². The molecule has 0 spiro atoms. The maximum atomic E-state index is 12.9. The van der Waals surface area contributed by atoms with E-state index in [1.54, 1.807) is 38.1 Å². The Hall–Kier alpha value is -2.99. The van der Waals surface area contributed by atoms with Crippen LogP contribution in [0, 0.1) is 0 Å². The number of aliphatic hydroxyl groups is 1. The summed E-state index contributed by atoms with van der Waals surface area (Å²) in [6, 6.07) is 14.8. The highest BCUT2D eigenvalue weighted by molar-refractivity contribution is 6.22. The summed E-state index contributed by atoms with van der Waals surface area (Å²) in [6.07, 6.45) is 0.198. The molecule has 0 fully saturated rings. The average Bonchev–Trinajstić information content (AvgIpc) is 2.89. The predicted molar refractivity (Wildman–Crippen MR) is 100 cm³/mol. The molecule has 0 unspecified atom stereocenters. The van der Waals surface area contributed by atoms with E-state index >= 15 is 0 Å². The van der Waals surface area contributed by atoms with Crippen LogP contribution in [0.25, 0.3) is 0 Å². The molecule has 1 aliphatic rings. The quantitative estimate of drug-likeness (QED) is 0.763. The van der Waals surface area contributed by atoms with E-state index in [1.165, 1.54) is 0 Å². The molecule has 3 amide bonds. The zero-order chi connectivity index (χ0) is 19.6. The van der Waals surface area contributed by atoms with Crippen molar-refractivity contribution in [3.05, 3.63) is 71.3 Å². The number of amides is 3. The molecular weight excluding hydrogens is 344 g/mol. The van der Waals surface area contributed by atoms with Crippen LogP contribution in [0.4, 0.5) is 0 Å². The number of fused-ring (bicyclic) bond motifs is 1. The fraction of sp³-hybridized carbons (Fsp3) is 0.286. The Labute approximate surface area is 157 Å². The van der Waals surface area contributed by atoms with Gasteiger partial charge in [-0.25, -0.2) is 0 Å². The number of imide groups is 1. The first-order chi connectivity index (χ1) is 12.8. The Morgan fingerprint density at radius 2 is 1.52 bits per heavy atom. The number of hydrogen-bond donors (Lipinski definition) is 2. The summed E-state index contributed by atoms with van der Waals surface area (Å²) in [4.78, 5) is 39.5. The van der Waals surface area contributed by atoms with Crippen LogP contribution in [0.3, 0.4) is 0 Å². The first kappa shape index (κ1) is 18.8. The fourth-order valence-electron chi connectivity index (χ4n) is 3.05. The van der Waals surface area contributed by atoms with Crippen molar-refractivity contribution >= 4 is 17.7 Å². The molecule has 140 valence electrons. The van der Waals surface area contributed by atoms with Crippen molar-refractivity contribution in [3.63, 3.8) is 0 Å². The highest BCUT2D eigenvalue weighted by atomic mass is 16.3. The zero-order valence-corrected chi connectivity index (χ0v) is 15.3. The Balaban J connectivity index is 1.91. The molecule has 1 atom stereocenters. The van der Waals surface area contributed by atoms with Gasteiger partial charge in [-0.2, -0.15) is 0 Å². The average molecular weight is 366 g/mol. The molecule has 2 N–H and O–H groups in total. The van der Waals surface area contributed by atoms with Crippen molar-refractivity contribution in [1.29, 1.82) is 0 Å². The summed E-state index contributed by atoms with van der Waals surface area (Å²) in [6.45, 7) is 3.16. The molecule has 6 heteroatoms. The lowest BCUT2D eigenvalue weighted by atomic mass is 10.0. The monoisotopic (exact) mass is 366 g/mol. The molecule has 0 saturated heterocycles. The second kappa shape index (κ2) is 7.32. The van der Waals surface area contributed by atoms with Gasteiger partial charge < -0.3 is 10.4 Å². The lowest BCUT2D eigenvalue weighted by Crippen LogP contribution is -2.52. The largest absolute Gasteiger partial charge is 0.389 e. The Bertz CT molecular complexity index is 836. The third-order valence-electron chi connectivity index (χ3n) is 4.41. The summed E-state index contributed by atoms with van der Waals surface area (Å²) in [7, 11) is 0. The summed E-state index contributed by atoms with van der Waals surface area (Å²) >= 11 is 0. The summed E-state index contributed by atoms with van der Waals surface area (Å²) in [5.41, 5.74) is 0.332. The van der Waals surface area contributed by atoms with Crippen LogP contribution in [-0.2, 0) is 11.2 Å². The van der Waals surface area contributed by atoms with E-state index in [0.29, 0.717) is 11.1 Å². The summed E-state index contributed by atoms with van der Waals surface area (Å²) < 4.78 is 0. The van der Waals surface area contributed by atoms with Crippen molar-refractivity contribution in [2.24, 2.45) is 0 Å². The van der Waals surface area contributed by atoms with Crippen LogP contribution < -0.4 is 5.32 Å². The third kappa shape index (κ3) is 4.06. The third-order valence-corrected chi connectivity index (χ3v) is 4.41. The molecule has 2 aromatic carbocycles. The first-order valence-corrected chi connectivity index (χ1v) is 8.79. The molecule has 0 bridgehead atoms. The maximum Gasteiger partial charge on any atom is 0.262 e. The van der Waals surface area contributed by atoms with Gasteiger partial charge in [-0.1, -0.05) is 42.5 Å². The van der Waals surface area contributed by atoms with Crippen molar-refractivity contribution in [1.82, 2.24) is 10.2 Å². The van der Waals surface area contributed by atoms with Gasteiger partial charge in [0.05, 0.1) is 16.7 Å². The van der Waals surface area contributed by atoms with Crippen molar-refractivity contribution < 1.29 is 19.5 Å². The number of carbonyl (C=O) groups excluding carboxylic acids is 3. The Kier molecular flexibility index (Phi) is 5.10. The number of benzene rings is 2. The van der Waals surface area contributed by atoms with Crippen molar-refractivity contribution in [3.8, 4) is 0 Å². The van der Waals surface area contributed by atoms with E-state index in [4.69, 9.17) is 0 Å². The first-order valence-electron chi connectivity index (χ1n) is 8.79.